The Kier molecular flexibility index (Phi) is 5.87. The van der Waals surface area contributed by atoms with E-state index in [2.05, 4.69) is 15.0 Å². The Morgan fingerprint density at radius 1 is 1.21 bits per heavy atom. The van der Waals surface area contributed by atoms with Gasteiger partial charge in [0.15, 0.2) is 12.1 Å². The number of pyridine rings is 1. The van der Waals surface area contributed by atoms with E-state index in [1.165, 1.54) is 23.2 Å². The summed E-state index contributed by atoms with van der Waals surface area (Å²) in [5.41, 5.74) is 0.124. The Morgan fingerprint density at radius 2 is 1.97 bits per heavy atom. The predicted molar refractivity (Wildman–Crippen MR) is 137 cm³/mol. The van der Waals surface area contributed by atoms with Gasteiger partial charge in [-0.1, -0.05) is 23.7 Å². The second-order valence-corrected chi connectivity index (χ2v) is 9.71. The van der Waals surface area contributed by atoms with Gasteiger partial charge in [0.25, 0.3) is 0 Å². The van der Waals surface area contributed by atoms with Gasteiger partial charge in [-0.15, -0.1) is 0 Å². The molecule has 2 aliphatic rings. The number of halogens is 2. The molecular weight excluding hydrogens is 517 g/mol. The van der Waals surface area contributed by atoms with Gasteiger partial charge in [0.1, 0.15) is 29.4 Å². The number of aromatic hydroxyl groups is 1. The Bertz CT molecular complexity index is 1600. The maximum absolute atomic E-state index is 16.2. The number of aromatic nitrogens is 3. The summed E-state index contributed by atoms with van der Waals surface area (Å²) < 4.78 is 21.6. The number of carbonyl (C=O) groups excluding carboxylic acids is 1. The Labute approximate surface area is 220 Å². The predicted octanol–water partition coefficient (Wildman–Crippen LogP) is 4.25. The lowest BCUT2D eigenvalue weighted by Crippen LogP contribution is -2.55. The highest BCUT2D eigenvalue weighted by Crippen LogP contribution is 2.40. The second-order valence-electron chi connectivity index (χ2n) is 9.30. The Hall–Kier alpha value is -4.25. The number of carbonyl (C=O) groups is 2. The molecule has 2 bridgehead atoms. The van der Waals surface area contributed by atoms with Crippen LogP contribution in [0.15, 0.2) is 36.5 Å². The summed E-state index contributed by atoms with van der Waals surface area (Å²) in [6.45, 7) is 0.395. The molecule has 0 spiro atoms. The molecular formula is C26H21ClFN5O5. The summed E-state index contributed by atoms with van der Waals surface area (Å²) in [7, 11) is 0. The highest BCUT2D eigenvalue weighted by atomic mass is 35.5. The van der Waals surface area contributed by atoms with E-state index in [-0.39, 0.29) is 47.2 Å². The third kappa shape index (κ3) is 3.90. The van der Waals surface area contributed by atoms with E-state index < -0.39 is 11.9 Å². The molecule has 2 aliphatic heterocycles. The molecule has 6 rings (SSSR count). The van der Waals surface area contributed by atoms with Crippen LogP contribution < -0.4 is 9.64 Å². The van der Waals surface area contributed by atoms with Crippen LogP contribution in [0.1, 0.15) is 12.8 Å². The number of phenolic OH excluding ortho intramolecular Hbond substituents is 1. The van der Waals surface area contributed by atoms with Crippen molar-refractivity contribution >= 4 is 51.5 Å². The molecule has 4 heterocycles. The molecule has 2 aromatic carbocycles. The van der Waals surface area contributed by atoms with Crippen LogP contribution in [0.4, 0.5) is 15.0 Å². The summed E-state index contributed by atoms with van der Waals surface area (Å²) in [6, 6.07) is 7.41. The lowest BCUT2D eigenvalue weighted by atomic mass is 10.00. The largest absolute Gasteiger partial charge is 0.508 e. The van der Waals surface area contributed by atoms with Crippen LogP contribution in [0.2, 0.25) is 5.02 Å². The quantitative estimate of drug-likeness (QED) is 0.359. The van der Waals surface area contributed by atoms with Crippen LogP contribution in [-0.4, -0.2) is 74.2 Å². The number of hydrogen-bond donors (Lipinski definition) is 2. The van der Waals surface area contributed by atoms with Crippen molar-refractivity contribution < 1.29 is 28.9 Å². The van der Waals surface area contributed by atoms with Crippen molar-refractivity contribution in [2.45, 2.75) is 24.9 Å². The van der Waals surface area contributed by atoms with Gasteiger partial charge in [-0.3, -0.25) is 14.7 Å². The summed E-state index contributed by atoms with van der Waals surface area (Å²) >= 11 is 6.45. The van der Waals surface area contributed by atoms with Gasteiger partial charge in [0.2, 0.25) is 0 Å². The monoisotopic (exact) mass is 537 g/mol. The minimum atomic E-state index is -0.964. The second kappa shape index (κ2) is 9.25. The van der Waals surface area contributed by atoms with Crippen LogP contribution in [0.5, 0.6) is 11.8 Å². The number of rotatable bonds is 5. The fourth-order valence-electron chi connectivity index (χ4n) is 5.56. The zero-order valence-corrected chi connectivity index (χ0v) is 20.6. The molecule has 10 nitrogen and oxygen atoms in total. The lowest BCUT2D eigenvalue weighted by Gasteiger charge is -2.40. The summed E-state index contributed by atoms with van der Waals surface area (Å²) in [5, 5.41) is 21.7. The van der Waals surface area contributed by atoms with Gasteiger partial charge >= 0.3 is 12.1 Å². The first-order chi connectivity index (χ1) is 18.4. The first-order valence-electron chi connectivity index (χ1n) is 12.0. The van der Waals surface area contributed by atoms with E-state index in [0.29, 0.717) is 59.2 Å². The highest BCUT2D eigenvalue weighted by Gasteiger charge is 2.43. The third-order valence-electron chi connectivity index (χ3n) is 7.09. The maximum Gasteiger partial charge on any atom is 0.407 e. The zero-order chi connectivity index (χ0) is 26.6. The number of amides is 1. The molecule has 2 atom stereocenters. The SMILES string of the molecule is O=CCOc1nc(N2CC3CCC(C2)N3C(=O)O)c2cnc(-c3cc(O)cc4cccc(Cl)c34)c(F)c2n1. The molecule has 0 radical (unpaired) electrons. The van der Waals surface area contributed by atoms with Gasteiger partial charge in [-0.25, -0.2) is 9.18 Å². The Morgan fingerprint density at radius 3 is 2.68 bits per heavy atom. The number of piperazine rings is 1. The molecule has 38 heavy (non-hydrogen) atoms. The molecule has 194 valence electrons. The molecule has 0 saturated carbocycles. The molecule has 12 heteroatoms. The molecule has 2 unspecified atom stereocenters. The van der Waals surface area contributed by atoms with Crippen LogP contribution >= 0.6 is 11.6 Å². The van der Waals surface area contributed by atoms with E-state index >= 15 is 4.39 Å². The fourth-order valence-corrected chi connectivity index (χ4v) is 5.85. The minimum absolute atomic E-state index is 0.0757. The van der Waals surface area contributed by atoms with Crippen molar-refractivity contribution in [3.63, 3.8) is 0 Å². The molecule has 2 N–H and O–H groups in total. The summed E-state index contributed by atoms with van der Waals surface area (Å²) in [4.78, 5) is 39.1. The first kappa shape index (κ1) is 24.1. The van der Waals surface area contributed by atoms with Crippen LogP contribution in [0.25, 0.3) is 32.9 Å². The third-order valence-corrected chi connectivity index (χ3v) is 7.41. The maximum atomic E-state index is 16.2. The van der Waals surface area contributed by atoms with Crippen molar-refractivity contribution in [2.24, 2.45) is 0 Å². The molecule has 2 aromatic heterocycles. The van der Waals surface area contributed by atoms with Crippen LogP contribution in [0, 0.1) is 5.82 Å². The van der Waals surface area contributed by atoms with Crippen molar-refractivity contribution in [3.05, 3.63) is 47.4 Å². The van der Waals surface area contributed by atoms with E-state index in [0.717, 1.165) is 0 Å². The number of benzene rings is 2. The number of aldehydes is 1. The molecule has 0 aliphatic carbocycles. The topological polar surface area (TPSA) is 129 Å². The summed E-state index contributed by atoms with van der Waals surface area (Å²) in [6.07, 6.45) is 2.45. The Balaban J connectivity index is 1.52. The van der Waals surface area contributed by atoms with Crippen molar-refractivity contribution in [1.82, 2.24) is 19.9 Å². The van der Waals surface area contributed by atoms with Gasteiger partial charge < -0.3 is 19.8 Å². The number of ether oxygens (including phenoxy) is 1. The van der Waals surface area contributed by atoms with Crippen molar-refractivity contribution in [1.29, 1.82) is 0 Å². The van der Waals surface area contributed by atoms with Gasteiger partial charge in [-0.2, -0.15) is 9.97 Å². The normalized spacial score (nSPS) is 18.8. The number of anilines is 1. The summed E-state index contributed by atoms with van der Waals surface area (Å²) in [5.74, 6) is -0.517. The van der Waals surface area contributed by atoms with Gasteiger partial charge in [-0.05, 0) is 36.4 Å². The molecule has 1 amide bonds. The molecule has 2 saturated heterocycles. The van der Waals surface area contributed by atoms with E-state index in [9.17, 15) is 19.8 Å². The minimum Gasteiger partial charge on any atom is -0.508 e. The van der Waals surface area contributed by atoms with Gasteiger partial charge in [0.05, 0.1) is 17.5 Å². The molecule has 2 fully saturated rings. The average Bonchev–Trinajstić information content (AvgIpc) is 3.17. The standard InChI is InChI=1S/C26H21ClFN5O5/c27-19-3-1-2-13-8-16(35)9-17(20(13)19)22-21(28)23-18(10-29-22)24(31-25(30-23)38-7-6-34)32-11-14-4-5-15(12-32)33(14)26(36)37/h1-3,6,8-10,14-15,35H,4-5,7,11-12H2,(H,36,37). The van der Waals surface area contributed by atoms with E-state index in [1.54, 1.807) is 18.2 Å². The number of phenols is 1. The first-order valence-corrected chi connectivity index (χ1v) is 12.3. The van der Waals surface area contributed by atoms with Gasteiger partial charge in [0, 0.05) is 35.3 Å². The van der Waals surface area contributed by atoms with Crippen molar-refractivity contribution in [2.75, 3.05) is 24.6 Å². The number of hydrogen-bond acceptors (Lipinski definition) is 8. The number of nitrogens with zero attached hydrogens (tertiary/aromatic N) is 5. The zero-order valence-electron chi connectivity index (χ0n) is 19.8. The lowest BCUT2D eigenvalue weighted by molar-refractivity contribution is -0.109. The molecule has 4 aromatic rings. The average molecular weight is 538 g/mol. The fraction of sp³-hybridized carbons (Fsp3) is 0.269. The van der Waals surface area contributed by atoms with E-state index in [1.807, 2.05) is 4.90 Å². The van der Waals surface area contributed by atoms with E-state index in [4.69, 9.17) is 16.3 Å². The number of carboxylic acid groups (broad SMARTS) is 1. The number of fused-ring (bicyclic) bond motifs is 4. The highest BCUT2D eigenvalue weighted by molar-refractivity contribution is 6.36. The van der Waals surface area contributed by atoms with Crippen molar-refractivity contribution in [3.8, 4) is 23.0 Å². The smallest absolute Gasteiger partial charge is 0.407 e. The van der Waals surface area contributed by atoms with Crippen LogP contribution in [0.3, 0.4) is 0 Å². The van der Waals surface area contributed by atoms with Crippen LogP contribution in [-0.2, 0) is 4.79 Å².